The summed E-state index contributed by atoms with van der Waals surface area (Å²) in [5.74, 6) is -0.466. The van der Waals surface area contributed by atoms with Gasteiger partial charge >= 0.3 is 0 Å². The zero-order chi connectivity index (χ0) is 13.1. The lowest BCUT2D eigenvalue weighted by Gasteiger charge is -2.08. The first-order valence-electron chi connectivity index (χ1n) is 5.65. The number of pyridine rings is 1. The van der Waals surface area contributed by atoms with Crippen LogP contribution in [-0.4, -0.2) is 10.9 Å². The summed E-state index contributed by atoms with van der Waals surface area (Å²) in [6.07, 6.45) is 2.09. The number of nitrogens with one attached hydrogen (secondary N) is 1. The predicted molar refractivity (Wildman–Crippen MR) is 71.4 cm³/mol. The summed E-state index contributed by atoms with van der Waals surface area (Å²) in [5.41, 5.74) is 6.98. The van der Waals surface area contributed by atoms with Gasteiger partial charge in [0.15, 0.2) is 5.43 Å². The fourth-order valence-corrected chi connectivity index (χ4v) is 2.01. The maximum atomic E-state index is 12.3. The Morgan fingerprint density at radius 1 is 1.39 bits per heavy atom. The van der Waals surface area contributed by atoms with E-state index in [0.29, 0.717) is 28.6 Å². The van der Waals surface area contributed by atoms with Gasteiger partial charge < -0.3 is 10.7 Å². The van der Waals surface area contributed by atoms with Crippen LogP contribution in [0.25, 0.3) is 10.9 Å². The highest BCUT2D eigenvalue weighted by Crippen LogP contribution is 2.12. The molecule has 0 saturated carbocycles. The predicted octanol–water partition coefficient (Wildman–Crippen LogP) is 1.28. The van der Waals surface area contributed by atoms with Crippen LogP contribution in [0.15, 0.2) is 41.7 Å². The molecule has 1 aromatic carbocycles. The summed E-state index contributed by atoms with van der Waals surface area (Å²) >= 11 is 0. The van der Waals surface area contributed by atoms with E-state index in [0.717, 1.165) is 0 Å². The van der Waals surface area contributed by atoms with Crippen LogP contribution in [0.3, 0.4) is 0 Å². The largest absolute Gasteiger partial charge is 0.369 e. The van der Waals surface area contributed by atoms with Crippen molar-refractivity contribution < 1.29 is 4.79 Å². The average Bonchev–Trinajstić information content (AvgIpc) is 2.33. The van der Waals surface area contributed by atoms with E-state index in [4.69, 9.17) is 5.73 Å². The summed E-state index contributed by atoms with van der Waals surface area (Å²) < 4.78 is 0. The number of nitrogens with two attached hydrogens (primary N) is 1. The van der Waals surface area contributed by atoms with Gasteiger partial charge in [-0.2, -0.15) is 0 Å². The number of amides is 1. The highest BCUT2D eigenvalue weighted by Gasteiger charge is 2.12. The second kappa shape index (κ2) is 4.87. The normalized spacial score (nSPS) is 10.4. The number of benzene rings is 1. The van der Waals surface area contributed by atoms with Crippen LogP contribution >= 0.6 is 0 Å². The van der Waals surface area contributed by atoms with Gasteiger partial charge in [0.05, 0.1) is 6.42 Å². The monoisotopic (exact) mass is 242 g/mol. The van der Waals surface area contributed by atoms with Gasteiger partial charge in [-0.3, -0.25) is 9.59 Å². The van der Waals surface area contributed by atoms with Crippen LogP contribution < -0.4 is 11.2 Å². The number of aromatic amines is 1. The van der Waals surface area contributed by atoms with E-state index in [1.165, 1.54) is 0 Å². The van der Waals surface area contributed by atoms with E-state index in [1.54, 1.807) is 18.2 Å². The van der Waals surface area contributed by atoms with Crippen LogP contribution in [0.1, 0.15) is 11.3 Å². The molecule has 92 valence electrons. The Labute approximate surface area is 104 Å². The molecule has 18 heavy (non-hydrogen) atoms. The Morgan fingerprint density at radius 3 is 2.78 bits per heavy atom. The van der Waals surface area contributed by atoms with Crippen LogP contribution in [0.2, 0.25) is 0 Å². The quantitative estimate of drug-likeness (QED) is 0.792. The number of rotatable bonds is 4. The molecule has 4 nitrogen and oxygen atoms in total. The van der Waals surface area contributed by atoms with E-state index in [9.17, 15) is 9.59 Å². The highest BCUT2D eigenvalue weighted by molar-refractivity contribution is 5.81. The third-order valence-corrected chi connectivity index (χ3v) is 2.80. The van der Waals surface area contributed by atoms with Crippen molar-refractivity contribution in [3.63, 3.8) is 0 Å². The lowest BCUT2D eigenvalue weighted by atomic mass is 10.0. The molecule has 0 aliphatic heterocycles. The number of aromatic nitrogens is 1. The minimum absolute atomic E-state index is 0.0310. The topological polar surface area (TPSA) is 76.0 Å². The molecular weight excluding hydrogens is 228 g/mol. The molecule has 0 bridgehead atoms. The first-order valence-corrected chi connectivity index (χ1v) is 5.65. The number of hydrogen-bond donors (Lipinski definition) is 2. The molecule has 0 fully saturated rings. The smallest absolute Gasteiger partial charge is 0.223 e. The van der Waals surface area contributed by atoms with Crippen LogP contribution in [0, 0.1) is 0 Å². The fourth-order valence-electron chi connectivity index (χ4n) is 2.01. The van der Waals surface area contributed by atoms with Gasteiger partial charge in [-0.25, -0.2) is 0 Å². The van der Waals surface area contributed by atoms with Crippen LogP contribution in [0.5, 0.6) is 0 Å². The number of carbonyl (C=O) groups is 1. The van der Waals surface area contributed by atoms with Gasteiger partial charge in [0, 0.05) is 22.2 Å². The fraction of sp³-hybridized carbons (Fsp3) is 0.143. The van der Waals surface area contributed by atoms with Crippen LogP contribution in [-0.2, 0) is 17.6 Å². The molecule has 2 aromatic rings. The Morgan fingerprint density at radius 2 is 2.11 bits per heavy atom. The van der Waals surface area contributed by atoms with Gasteiger partial charge in [-0.05, 0) is 18.6 Å². The van der Waals surface area contributed by atoms with E-state index >= 15 is 0 Å². The van der Waals surface area contributed by atoms with Crippen molar-refractivity contribution >= 4 is 16.8 Å². The van der Waals surface area contributed by atoms with Gasteiger partial charge in [-0.15, -0.1) is 6.58 Å². The van der Waals surface area contributed by atoms with Crippen molar-refractivity contribution in [2.75, 3.05) is 0 Å². The third kappa shape index (κ3) is 2.18. The van der Waals surface area contributed by atoms with Crippen LogP contribution in [0.4, 0.5) is 0 Å². The van der Waals surface area contributed by atoms with Crippen molar-refractivity contribution in [2.45, 2.75) is 12.8 Å². The van der Waals surface area contributed by atoms with E-state index in [2.05, 4.69) is 11.6 Å². The number of para-hydroxylation sites is 1. The maximum absolute atomic E-state index is 12.3. The first-order chi connectivity index (χ1) is 8.63. The number of primary amides is 1. The molecule has 0 unspecified atom stereocenters. The number of hydrogen-bond acceptors (Lipinski definition) is 2. The summed E-state index contributed by atoms with van der Waals surface area (Å²) in [6.45, 7) is 3.63. The van der Waals surface area contributed by atoms with Crippen molar-refractivity contribution in [3.8, 4) is 0 Å². The lowest BCUT2D eigenvalue weighted by molar-refractivity contribution is -0.117. The zero-order valence-electron chi connectivity index (χ0n) is 9.90. The van der Waals surface area contributed by atoms with Crippen molar-refractivity contribution in [3.05, 3.63) is 58.4 Å². The summed E-state index contributed by atoms with van der Waals surface area (Å²) in [5, 5.41) is 0.613. The van der Waals surface area contributed by atoms with E-state index in [-0.39, 0.29) is 11.8 Å². The molecule has 0 spiro atoms. The molecule has 0 aliphatic carbocycles. The van der Waals surface area contributed by atoms with Gasteiger partial charge in [-0.1, -0.05) is 18.2 Å². The standard InChI is InChI=1S/C14H14N2O2/c1-2-5-9-12(8-13(15)17)16-11-7-4-3-6-10(11)14(9)18/h2-4,6-7H,1,5,8H2,(H2,15,17)(H,16,18). The van der Waals surface area contributed by atoms with Gasteiger partial charge in [0.1, 0.15) is 0 Å². The SMILES string of the molecule is C=CCc1c(CC(N)=O)[nH]c2ccccc2c1=O. The maximum Gasteiger partial charge on any atom is 0.223 e. The first kappa shape index (κ1) is 12.1. The molecule has 3 N–H and O–H groups in total. The summed E-state index contributed by atoms with van der Waals surface area (Å²) in [4.78, 5) is 26.5. The highest BCUT2D eigenvalue weighted by atomic mass is 16.1. The zero-order valence-corrected chi connectivity index (χ0v) is 9.90. The van der Waals surface area contributed by atoms with Crippen molar-refractivity contribution in [2.24, 2.45) is 5.73 Å². The Kier molecular flexibility index (Phi) is 3.28. The molecule has 2 rings (SSSR count). The third-order valence-electron chi connectivity index (χ3n) is 2.80. The molecule has 4 heteroatoms. The second-order valence-corrected chi connectivity index (χ2v) is 4.09. The number of carbonyl (C=O) groups excluding carboxylic acids is 1. The van der Waals surface area contributed by atoms with E-state index < -0.39 is 5.91 Å². The Hall–Kier alpha value is -2.36. The molecule has 0 radical (unpaired) electrons. The molecule has 1 heterocycles. The number of fused-ring (bicyclic) bond motifs is 1. The number of allylic oxidation sites excluding steroid dienone is 1. The molecular formula is C14H14N2O2. The number of H-pyrrole nitrogens is 1. The lowest BCUT2D eigenvalue weighted by Crippen LogP contribution is -2.20. The Balaban J connectivity index is 2.74. The van der Waals surface area contributed by atoms with Crippen molar-refractivity contribution in [1.82, 2.24) is 4.98 Å². The second-order valence-electron chi connectivity index (χ2n) is 4.09. The van der Waals surface area contributed by atoms with Gasteiger partial charge in [0.25, 0.3) is 0 Å². The molecule has 0 saturated heterocycles. The molecule has 0 aliphatic rings. The summed E-state index contributed by atoms with van der Waals surface area (Å²) in [7, 11) is 0. The molecule has 1 aromatic heterocycles. The molecule has 0 atom stereocenters. The van der Waals surface area contributed by atoms with Crippen molar-refractivity contribution in [1.29, 1.82) is 0 Å². The average molecular weight is 242 g/mol. The Bertz CT molecular complexity index is 671. The van der Waals surface area contributed by atoms with E-state index in [1.807, 2.05) is 12.1 Å². The van der Waals surface area contributed by atoms with Gasteiger partial charge in [0.2, 0.25) is 5.91 Å². The minimum Gasteiger partial charge on any atom is -0.369 e. The molecule has 1 amide bonds. The summed E-state index contributed by atoms with van der Waals surface area (Å²) in [6, 6.07) is 7.20. The minimum atomic E-state index is -0.466.